The van der Waals surface area contributed by atoms with Crippen LogP contribution < -0.4 is 9.80 Å². The smallest absolute Gasteiger partial charge is 0.378 e. The van der Waals surface area contributed by atoms with Crippen LogP contribution in [0.25, 0.3) is 10.8 Å². The van der Waals surface area contributed by atoms with E-state index in [0.717, 1.165) is 50.0 Å². The molecule has 0 spiro atoms. The van der Waals surface area contributed by atoms with Crippen LogP contribution in [0.2, 0.25) is 0 Å². The molecule has 4 rings (SSSR count). The molecule has 3 N–H and O–H groups in total. The van der Waals surface area contributed by atoms with E-state index in [2.05, 4.69) is 28.2 Å². The molecule has 330 valence electrons. The molecule has 4 aromatic rings. The standard InChI is InChI=1S/C44H57N2O12P3/c1-33(2)57-60(49,50)55-29-27-53-59(47,48)54-28-30-56-61(51,52)58-44(5,6)32-43(3,4)42-31-36(21-15-34-16-22-37(23-17-34)45(7)8)39-13-11-12-14-40(39)41(42)26-20-35-18-24-38(25-19-35)46(9)10/h11-14,16-19,22-25,31,33H,27-30,32H2,1-10H3,(H,47,48)(H,49,50)(H,51,52). The Hall–Kier alpha value is -3.81. The molecule has 0 amide bonds. The van der Waals surface area contributed by atoms with Crippen LogP contribution in [0.3, 0.4) is 0 Å². The van der Waals surface area contributed by atoms with Crippen molar-refractivity contribution in [2.24, 2.45) is 0 Å². The van der Waals surface area contributed by atoms with Crippen molar-refractivity contribution in [1.29, 1.82) is 0 Å². The molecule has 17 heteroatoms. The zero-order valence-corrected chi connectivity index (χ0v) is 39.1. The normalized spacial score (nSPS) is 14.9. The van der Waals surface area contributed by atoms with Crippen molar-refractivity contribution in [3.8, 4) is 23.7 Å². The molecule has 0 aromatic heterocycles. The van der Waals surface area contributed by atoms with Gasteiger partial charge in [-0.25, -0.2) is 13.7 Å². The van der Waals surface area contributed by atoms with E-state index < -0.39 is 67.0 Å². The molecule has 0 radical (unpaired) electrons. The maximum absolute atomic E-state index is 13.2. The average molecular weight is 899 g/mol. The third-order valence-electron chi connectivity index (χ3n) is 8.97. The van der Waals surface area contributed by atoms with Crippen LogP contribution in [0.4, 0.5) is 11.4 Å². The van der Waals surface area contributed by atoms with Crippen LogP contribution in [-0.4, -0.2) is 81.0 Å². The lowest BCUT2D eigenvalue weighted by molar-refractivity contribution is 0.0230. The van der Waals surface area contributed by atoms with Gasteiger partial charge in [0.2, 0.25) is 0 Å². The van der Waals surface area contributed by atoms with E-state index in [4.69, 9.17) is 22.6 Å². The van der Waals surface area contributed by atoms with Gasteiger partial charge in [-0.05, 0) is 110 Å². The number of nitrogens with zero attached hydrogens (tertiary/aromatic N) is 2. The molecule has 0 aliphatic heterocycles. The maximum Gasteiger partial charge on any atom is 0.472 e. The number of phosphoric ester groups is 3. The summed E-state index contributed by atoms with van der Waals surface area (Å²) in [7, 11) is -5.89. The first kappa shape index (κ1) is 49.8. The minimum absolute atomic E-state index is 0.221. The van der Waals surface area contributed by atoms with Crippen LogP contribution in [-0.2, 0) is 46.3 Å². The Labute approximate surface area is 359 Å². The van der Waals surface area contributed by atoms with E-state index in [1.54, 1.807) is 13.8 Å². The Bertz CT molecular complexity index is 2390. The Morgan fingerprint density at radius 1 is 0.607 bits per heavy atom. The number of phosphoric acid groups is 3. The Kier molecular flexibility index (Phi) is 17.2. The summed E-state index contributed by atoms with van der Waals surface area (Å²) in [5.74, 6) is 13.6. The maximum atomic E-state index is 13.2. The minimum atomic E-state index is -4.75. The highest BCUT2D eigenvalue weighted by molar-refractivity contribution is 7.48. The summed E-state index contributed by atoms with van der Waals surface area (Å²) >= 11 is 0. The van der Waals surface area contributed by atoms with Crippen LogP contribution >= 0.6 is 23.5 Å². The van der Waals surface area contributed by atoms with Crippen molar-refractivity contribution < 1.29 is 55.5 Å². The second-order valence-electron chi connectivity index (χ2n) is 16.1. The van der Waals surface area contributed by atoms with Gasteiger partial charge in [0.25, 0.3) is 0 Å². The number of benzene rings is 4. The zero-order valence-electron chi connectivity index (χ0n) is 36.4. The zero-order chi connectivity index (χ0) is 45.2. The summed E-state index contributed by atoms with van der Waals surface area (Å²) in [5, 5.41) is 1.83. The lowest BCUT2D eigenvalue weighted by atomic mass is 9.73. The fourth-order valence-electron chi connectivity index (χ4n) is 6.58. The fraction of sp³-hybridized carbons (Fsp3) is 0.409. The van der Waals surface area contributed by atoms with Crippen LogP contribution in [0.1, 0.15) is 75.8 Å². The van der Waals surface area contributed by atoms with Gasteiger partial charge in [-0.1, -0.05) is 61.8 Å². The van der Waals surface area contributed by atoms with Crippen molar-refractivity contribution in [1.82, 2.24) is 0 Å². The number of hydrogen-bond acceptors (Lipinski definition) is 11. The van der Waals surface area contributed by atoms with Gasteiger partial charge in [0.1, 0.15) is 0 Å². The molecule has 3 unspecified atom stereocenters. The molecule has 0 fully saturated rings. The molecular weight excluding hydrogens is 841 g/mol. The van der Waals surface area contributed by atoms with E-state index in [0.29, 0.717) is 0 Å². The molecular formula is C44H57N2O12P3. The van der Waals surface area contributed by atoms with Crippen molar-refractivity contribution in [3.05, 3.63) is 107 Å². The highest BCUT2D eigenvalue weighted by atomic mass is 31.2. The van der Waals surface area contributed by atoms with Gasteiger partial charge in [0, 0.05) is 61.8 Å². The summed E-state index contributed by atoms with van der Waals surface area (Å²) in [6.07, 6.45) is -0.373. The highest BCUT2D eigenvalue weighted by Gasteiger charge is 2.39. The lowest BCUT2D eigenvalue weighted by Crippen LogP contribution is -2.34. The van der Waals surface area contributed by atoms with E-state index >= 15 is 0 Å². The van der Waals surface area contributed by atoms with E-state index in [9.17, 15) is 28.4 Å². The van der Waals surface area contributed by atoms with E-state index in [1.807, 2.05) is 131 Å². The molecule has 0 aliphatic rings. The monoisotopic (exact) mass is 898 g/mol. The molecule has 0 saturated carbocycles. The van der Waals surface area contributed by atoms with Gasteiger partial charge in [0.15, 0.2) is 0 Å². The van der Waals surface area contributed by atoms with Crippen molar-refractivity contribution in [2.75, 3.05) is 64.4 Å². The number of anilines is 2. The second-order valence-corrected chi connectivity index (χ2v) is 20.3. The molecule has 61 heavy (non-hydrogen) atoms. The first-order valence-corrected chi connectivity index (χ1v) is 24.0. The van der Waals surface area contributed by atoms with E-state index in [-0.39, 0.29) is 6.42 Å². The quantitative estimate of drug-likeness (QED) is 0.0462. The molecule has 0 heterocycles. The van der Waals surface area contributed by atoms with Gasteiger partial charge < -0.3 is 24.5 Å². The van der Waals surface area contributed by atoms with Gasteiger partial charge in [-0.15, -0.1) is 0 Å². The van der Waals surface area contributed by atoms with Gasteiger partial charge >= 0.3 is 23.5 Å². The van der Waals surface area contributed by atoms with Crippen molar-refractivity contribution in [2.45, 2.75) is 65.1 Å². The fourth-order valence-corrected chi connectivity index (χ4v) is 9.21. The largest absolute Gasteiger partial charge is 0.472 e. The third-order valence-corrected chi connectivity index (χ3v) is 12.4. The summed E-state index contributed by atoms with van der Waals surface area (Å²) in [6, 6.07) is 26.0. The third kappa shape index (κ3) is 15.8. The predicted octanol–water partition coefficient (Wildman–Crippen LogP) is 9.03. The summed E-state index contributed by atoms with van der Waals surface area (Å²) in [6.45, 7) is 8.06. The Morgan fingerprint density at radius 2 is 1.05 bits per heavy atom. The molecule has 3 atom stereocenters. The van der Waals surface area contributed by atoms with Crippen LogP contribution in [0, 0.1) is 23.7 Å². The van der Waals surface area contributed by atoms with E-state index in [1.165, 1.54) is 13.8 Å². The van der Waals surface area contributed by atoms with Crippen molar-refractivity contribution >= 4 is 45.6 Å². The summed E-state index contributed by atoms with van der Waals surface area (Å²) in [5.41, 5.74) is 4.24. The molecule has 0 saturated heterocycles. The SMILES string of the molecule is CC(C)OP(=O)(O)OCCOP(=O)(O)OCCOP(=O)(O)OC(C)(C)CC(C)(C)c1cc(C#Cc2ccc(N(C)C)cc2)c2ccccc2c1C#Cc1ccc(N(C)C)cc1. The molecule has 0 aliphatic carbocycles. The van der Waals surface area contributed by atoms with Gasteiger partial charge in [0.05, 0.1) is 38.1 Å². The lowest BCUT2D eigenvalue weighted by Gasteiger charge is -2.36. The Morgan fingerprint density at radius 3 is 1.52 bits per heavy atom. The Balaban J connectivity index is 1.57. The van der Waals surface area contributed by atoms with Crippen molar-refractivity contribution in [3.63, 3.8) is 0 Å². The topological polar surface area (TPSA) is 174 Å². The number of rotatable bonds is 19. The first-order valence-electron chi connectivity index (χ1n) is 19.5. The summed E-state index contributed by atoms with van der Waals surface area (Å²) < 4.78 is 67.0. The highest BCUT2D eigenvalue weighted by Crippen LogP contribution is 2.51. The minimum Gasteiger partial charge on any atom is -0.378 e. The van der Waals surface area contributed by atoms with Gasteiger partial charge in [-0.3, -0.25) is 27.1 Å². The van der Waals surface area contributed by atoms with Crippen LogP contribution in [0.15, 0.2) is 78.9 Å². The number of hydrogen-bond donors (Lipinski definition) is 3. The summed E-state index contributed by atoms with van der Waals surface area (Å²) in [4.78, 5) is 34.3. The van der Waals surface area contributed by atoms with Gasteiger partial charge in [-0.2, -0.15) is 0 Å². The number of fused-ring (bicyclic) bond motifs is 1. The second kappa shape index (κ2) is 21.0. The first-order chi connectivity index (χ1) is 28.4. The average Bonchev–Trinajstić information content (AvgIpc) is 3.15. The predicted molar refractivity (Wildman–Crippen MR) is 240 cm³/mol. The molecule has 0 bridgehead atoms. The molecule has 4 aromatic carbocycles. The van der Waals surface area contributed by atoms with Crippen LogP contribution in [0.5, 0.6) is 0 Å². The molecule has 14 nitrogen and oxygen atoms in total.